The van der Waals surface area contributed by atoms with Gasteiger partial charge in [0.1, 0.15) is 0 Å². The second-order valence-corrected chi connectivity index (χ2v) is 7.85. The van der Waals surface area contributed by atoms with Gasteiger partial charge in [-0.3, -0.25) is 24.1 Å². The molecule has 0 unspecified atom stereocenters. The maximum absolute atomic E-state index is 12.9. The van der Waals surface area contributed by atoms with Gasteiger partial charge in [-0.1, -0.05) is 0 Å². The Morgan fingerprint density at radius 2 is 1.77 bits per heavy atom. The Hall–Kier alpha value is -3.42. The van der Waals surface area contributed by atoms with Crippen molar-refractivity contribution in [2.45, 2.75) is 38.8 Å². The van der Waals surface area contributed by atoms with E-state index in [9.17, 15) is 19.2 Å². The molecular formula is C22H23N3O5. The van der Waals surface area contributed by atoms with E-state index in [0.29, 0.717) is 37.1 Å². The van der Waals surface area contributed by atoms with Crippen molar-refractivity contribution in [3.8, 4) is 0 Å². The van der Waals surface area contributed by atoms with Crippen LogP contribution in [-0.4, -0.2) is 58.6 Å². The van der Waals surface area contributed by atoms with Crippen molar-refractivity contribution >= 4 is 23.6 Å². The van der Waals surface area contributed by atoms with Crippen molar-refractivity contribution in [2.24, 2.45) is 0 Å². The molecule has 3 heterocycles. The van der Waals surface area contributed by atoms with E-state index in [4.69, 9.17) is 4.42 Å². The highest BCUT2D eigenvalue weighted by atomic mass is 16.3. The van der Waals surface area contributed by atoms with E-state index < -0.39 is 0 Å². The Morgan fingerprint density at radius 3 is 2.40 bits per heavy atom. The van der Waals surface area contributed by atoms with Crippen LogP contribution in [0, 0.1) is 0 Å². The van der Waals surface area contributed by atoms with Gasteiger partial charge in [0.2, 0.25) is 0 Å². The first-order chi connectivity index (χ1) is 14.4. The van der Waals surface area contributed by atoms with Crippen LogP contribution in [0.3, 0.4) is 0 Å². The third kappa shape index (κ3) is 3.49. The van der Waals surface area contributed by atoms with Gasteiger partial charge in [-0.2, -0.15) is 0 Å². The highest BCUT2D eigenvalue weighted by Crippen LogP contribution is 2.26. The molecule has 2 aromatic rings. The van der Waals surface area contributed by atoms with E-state index >= 15 is 0 Å². The number of piperidine rings is 1. The summed E-state index contributed by atoms with van der Waals surface area (Å²) >= 11 is 0. The zero-order valence-corrected chi connectivity index (χ0v) is 16.9. The van der Waals surface area contributed by atoms with Crippen molar-refractivity contribution in [2.75, 3.05) is 13.1 Å². The quantitative estimate of drug-likeness (QED) is 0.781. The number of hydrogen-bond acceptors (Lipinski definition) is 5. The molecule has 0 atom stereocenters. The number of hydrogen-bond donors (Lipinski definition) is 1. The SMILES string of the molecule is CC(C)N1C(=O)c2ccc(C(=O)N3CCC(NC(=O)c4ccco4)CC3)cc2C1=O. The minimum Gasteiger partial charge on any atom is -0.459 e. The lowest BCUT2D eigenvalue weighted by atomic mass is 10.0. The summed E-state index contributed by atoms with van der Waals surface area (Å²) in [5.41, 5.74) is 1.00. The number of benzene rings is 1. The summed E-state index contributed by atoms with van der Waals surface area (Å²) in [4.78, 5) is 52.9. The van der Waals surface area contributed by atoms with Gasteiger partial charge in [0.05, 0.1) is 17.4 Å². The number of carbonyl (C=O) groups is 4. The Bertz CT molecular complexity index is 1000. The normalized spacial score (nSPS) is 16.9. The van der Waals surface area contributed by atoms with Crippen molar-refractivity contribution in [3.05, 3.63) is 59.0 Å². The molecule has 2 aliphatic heterocycles. The van der Waals surface area contributed by atoms with E-state index in [1.165, 1.54) is 17.2 Å². The van der Waals surface area contributed by atoms with Crippen LogP contribution >= 0.6 is 0 Å². The van der Waals surface area contributed by atoms with Gasteiger partial charge < -0.3 is 14.6 Å². The molecule has 8 heteroatoms. The number of imide groups is 1. The average Bonchev–Trinajstić information content (AvgIpc) is 3.35. The molecule has 156 valence electrons. The largest absolute Gasteiger partial charge is 0.459 e. The van der Waals surface area contributed by atoms with Crippen LogP contribution in [0.1, 0.15) is 68.3 Å². The summed E-state index contributed by atoms with van der Waals surface area (Å²) in [6.07, 6.45) is 2.70. The molecular weight excluding hydrogens is 386 g/mol. The Labute approximate surface area is 173 Å². The smallest absolute Gasteiger partial charge is 0.287 e. The predicted octanol–water partition coefficient (Wildman–Crippen LogP) is 2.32. The van der Waals surface area contributed by atoms with Gasteiger partial charge in [0.25, 0.3) is 23.6 Å². The molecule has 1 aromatic carbocycles. The van der Waals surface area contributed by atoms with E-state index in [1.807, 2.05) is 0 Å². The molecule has 0 bridgehead atoms. The van der Waals surface area contributed by atoms with E-state index in [1.54, 1.807) is 43.0 Å². The number of rotatable bonds is 4. The van der Waals surface area contributed by atoms with Gasteiger partial charge in [0, 0.05) is 30.7 Å². The van der Waals surface area contributed by atoms with Gasteiger partial charge in [0.15, 0.2) is 5.76 Å². The minimum absolute atomic E-state index is 0.0366. The molecule has 1 N–H and O–H groups in total. The zero-order chi connectivity index (χ0) is 21.4. The highest BCUT2D eigenvalue weighted by molar-refractivity contribution is 6.22. The monoisotopic (exact) mass is 409 g/mol. The molecule has 4 rings (SSSR count). The topological polar surface area (TPSA) is 99.9 Å². The molecule has 0 saturated carbocycles. The molecule has 4 amide bonds. The number of fused-ring (bicyclic) bond motifs is 1. The standard InChI is InChI=1S/C22H23N3O5/c1-13(2)25-21(28)16-6-5-14(12-17(16)22(25)29)20(27)24-9-7-15(8-10-24)23-19(26)18-4-3-11-30-18/h3-6,11-13,15H,7-10H2,1-2H3,(H,23,26). The summed E-state index contributed by atoms with van der Waals surface area (Å²) in [7, 11) is 0. The van der Waals surface area contributed by atoms with Crippen LogP contribution in [0.25, 0.3) is 0 Å². The van der Waals surface area contributed by atoms with Gasteiger partial charge in [-0.25, -0.2) is 0 Å². The summed E-state index contributed by atoms with van der Waals surface area (Å²) in [6, 6.07) is 7.66. The molecule has 1 fully saturated rings. The number of nitrogens with zero attached hydrogens (tertiary/aromatic N) is 2. The number of furan rings is 1. The lowest BCUT2D eigenvalue weighted by molar-refractivity contribution is 0.0607. The number of nitrogens with one attached hydrogen (secondary N) is 1. The van der Waals surface area contributed by atoms with Crippen LogP contribution in [0.2, 0.25) is 0 Å². The number of amides is 4. The van der Waals surface area contributed by atoms with Crippen molar-refractivity contribution in [3.63, 3.8) is 0 Å². The fourth-order valence-electron chi connectivity index (χ4n) is 3.94. The Kier molecular flexibility index (Phi) is 5.15. The van der Waals surface area contributed by atoms with E-state index in [0.717, 1.165) is 0 Å². The van der Waals surface area contributed by atoms with Crippen molar-refractivity contribution < 1.29 is 23.6 Å². The van der Waals surface area contributed by atoms with E-state index in [-0.39, 0.29) is 47.0 Å². The summed E-state index contributed by atoms with van der Waals surface area (Å²) in [6.45, 7) is 4.54. The third-order valence-corrected chi connectivity index (χ3v) is 5.54. The van der Waals surface area contributed by atoms with Crippen LogP contribution in [0.5, 0.6) is 0 Å². The Morgan fingerprint density at radius 1 is 1.07 bits per heavy atom. The number of likely N-dealkylation sites (tertiary alicyclic amines) is 1. The second kappa shape index (κ2) is 7.78. The number of carbonyl (C=O) groups excluding carboxylic acids is 4. The van der Waals surface area contributed by atoms with E-state index in [2.05, 4.69) is 5.32 Å². The lowest BCUT2D eigenvalue weighted by Crippen LogP contribution is -2.46. The molecule has 0 aliphatic carbocycles. The van der Waals surface area contributed by atoms with Gasteiger partial charge in [-0.15, -0.1) is 0 Å². The second-order valence-electron chi connectivity index (χ2n) is 7.85. The van der Waals surface area contributed by atoms with Crippen LogP contribution in [0.4, 0.5) is 0 Å². The molecule has 30 heavy (non-hydrogen) atoms. The first-order valence-electron chi connectivity index (χ1n) is 10.0. The predicted molar refractivity (Wildman–Crippen MR) is 107 cm³/mol. The fraction of sp³-hybridized carbons (Fsp3) is 0.364. The van der Waals surface area contributed by atoms with Crippen LogP contribution in [-0.2, 0) is 0 Å². The molecule has 2 aliphatic rings. The summed E-state index contributed by atoms with van der Waals surface area (Å²) < 4.78 is 5.10. The van der Waals surface area contributed by atoms with Crippen molar-refractivity contribution in [1.82, 2.24) is 15.1 Å². The molecule has 1 saturated heterocycles. The first kappa shape index (κ1) is 19.9. The maximum atomic E-state index is 12.9. The Balaban J connectivity index is 1.40. The fourth-order valence-corrected chi connectivity index (χ4v) is 3.94. The van der Waals surface area contributed by atoms with Crippen molar-refractivity contribution in [1.29, 1.82) is 0 Å². The average molecular weight is 409 g/mol. The van der Waals surface area contributed by atoms with Gasteiger partial charge >= 0.3 is 0 Å². The minimum atomic E-state index is -0.362. The maximum Gasteiger partial charge on any atom is 0.287 e. The third-order valence-electron chi connectivity index (χ3n) is 5.54. The highest BCUT2D eigenvalue weighted by Gasteiger charge is 2.38. The van der Waals surface area contributed by atoms with Crippen LogP contribution in [0.15, 0.2) is 41.0 Å². The zero-order valence-electron chi connectivity index (χ0n) is 16.9. The van der Waals surface area contributed by atoms with Crippen LogP contribution < -0.4 is 5.32 Å². The molecule has 8 nitrogen and oxygen atoms in total. The molecule has 0 spiro atoms. The molecule has 0 radical (unpaired) electrons. The summed E-state index contributed by atoms with van der Waals surface area (Å²) in [5, 5.41) is 2.92. The lowest BCUT2D eigenvalue weighted by Gasteiger charge is -2.32. The summed E-state index contributed by atoms with van der Waals surface area (Å²) in [5.74, 6) is -0.865. The first-order valence-corrected chi connectivity index (χ1v) is 10.0. The van der Waals surface area contributed by atoms with Gasteiger partial charge in [-0.05, 0) is 57.0 Å². The molecule has 1 aromatic heterocycles.